The summed E-state index contributed by atoms with van der Waals surface area (Å²) in [6.45, 7) is 10.9. The van der Waals surface area contributed by atoms with E-state index in [2.05, 4.69) is 105 Å². The van der Waals surface area contributed by atoms with E-state index in [0.717, 1.165) is 32.1 Å². The van der Waals surface area contributed by atoms with Crippen LogP contribution in [0.5, 0.6) is 0 Å². The van der Waals surface area contributed by atoms with Crippen molar-refractivity contribution < 1.29 is 0 Å². The summed E-state index contributed by atoms with van der Waals surface area (Å²) < 4.78 is 0. The topological polar surface area (TPSA) is 0 Å². The van der Waals surface area contributed by atoms with Gasteiger partial charge in [-0.15, -0.1) is 0 Å². The third kappa shape index (κ3) is 4.80. The molecule has 2 aliphatic rings. The van der Waals surface area contributed by atoms with Gasteiger partial charge in [0.2, 0.25) is 0 Å². The minimum Gasteiger partial charge on any atom is -0.0995 e. The van der Waals surface area contributed by atoms with E-state index in [1.165, 1.54) is 44.6 Å². The third-order valence-corrected chi connectivity index (χ3v) is 6.47. The molecule has 0 bridgehead atoms. The van der Waals surface area contributed by atoms with E-state index >= 15 is 0 Å². The average molecular weight is 405 g/mol. The Morgan fingerprint density at radius 1 is 0.935 bits per heavy atom. The molecule has 0 fully saturated rings. The molecule has 4 rings (SSSR count). The van der Waals surface area contributed by atoms with Gasteiger partial charge in [0.1, 0.15) is 0 Å². The molecule has 0 N–H and O–H groups in total. The van der Waals surface area contributed by atoms with Gasteiger partial charge in [0.15, 0.2) is 0 Å². The van der Waals surface area contributed by atoms with Gasteiger partial charge in [-0.3, -0.25) is 0 Å². The van der Waals surface area contributed by atoms with Gasteiger partial charge in [0.05, 0.1) is 0 Å². The van der Waals surface area contributed by atoms with Crippen LogP contribution in [-0.4, -0.2) is 0 Å². The van der Waals surface area contributed by atoms with E-state index < -0.39 is 0 Å². The molecule has 0 heterocycles. The first-order valence-corrected chi connectivity index (χ1v) is 11.4. The molecule has 0 saturated heterocycles. The van der Waals surface area contributed by atoms with Crippen LogP contribution in [0.3, 0.4) is 0 Å². The lowest BCUT2D eigenvalue weighted by Gasteiger charge is -2.22. The first-order chi connectivity index (χ1) is 15.2. The molecule has 2 aromatic rings. The van der Waals surface area contributed by atoms with Gasteiger partial charge in [-0.25, -0.2) is 0 Å². The number of hydrogen-bond donors (Lipinski definition) is 0. The minimum atomic E-state index is 0.368. The maximum atomic E-state index is 4.44. The lowest BCUT2D eigenvalue weighted by Crippen LogP contribution is -2.05. The summed E-state index contributed by atoms with van der Waals surface area (Å²) in [4.78, 5) is 0. The molecule has 156 valence electrons. The van der Waals surface area contributed by atoms with Gasteiger partial charge in [0.25, 0.3) is 0 Å². The fourth-order valence-electron chi connectivity index (χ4n) is 4.70. The van der Waals surface area contributed by atoms with Crippen LogP contribution in [0, 0.1) is 0 Å². The van der Waals surface area contributed by atoms with Crippen molar-refractivity contribution in [2.75, 3.05) is 0 Å². The van der Waals surface area contributed by atoms with E-state index in [1.54, 1.807) is 0 Å². The first-order valence-electron chi connectivity index (χ1n) is 11.4. The van der Waals surface area contributed by atoms with Gasteiger partial charge in [-0.1, -0.05) is 116 Å². The van der Waals surface area contributed by atoms with Crippen LogP contribution in [0.1, 0.15) is 55.2 Å². The third-order valence-electron chi connectivity index (χ3n) is 6.47. The monoisotopic (exact) mass is 404 g/mol. The number of rotatable bonds is 9. The van der Waals surface area contributed by atoms with E-state index in [9.17, 15) is 0 Å². The predicted molar refractivity (Wildman–Crippen MR) is 135 cm³/mol. The highest BCUT2D eigenvalue weighted by Gasteiger charge is 2.27. The lowest BCUT2D eigenvalue weighted by atomic mass is 9.82. The molecule has 0 heteroatoms. The maximum Gasteiger partial charge on any atom is 0.0304 e. The van der Waals surface area contributed by atoms with Crippen molar-refractivity contribution >= 4 is 5.57 Å². The van der Waals surface area contributed by atoms with Gasteiger partial charge in [-0.2, -0.15) is 0 Å². The molecule has 0 nitrogen and oxygen atoms in total. The molecule has 1 atom stereocenters. The van der Waals surface area contributed by atoms with Crippen molar-refractivity contribution in [2.45, 2.75) is 44.9 Å². The number of allylic oxidation sites excluding steroid dienone is 10. The largest absolute Gasteiger partial charge is 0.0995 e. The highest BCUT2D eigenvalue weighted by atomic mass is 14.3. The standard InChI is InChI=1S/C31H32/c1-4-24(3)29-17-11-10-16-28(29)22-23(2)18-19-27-20-21-30(25-12-8-9-13-25)31(27)26-14-6-5-7-15-26/h5-12,14-17,20-21,31H,2-4,13,18-19,22H2,1H3. The van der Waals surface area contributed by atoms with Crippen molar-refractivity contribution in [2.24, 2.45) is 0 Å². The maximum absolute atomic E-state index is 4.44. The van der Waals surface area contributed by atoms with Gasteiger partial charge >= 0.3 is 0 Å². The first kappa shape index (κ1) is 21.1. The van der Waals surface area contributed by atoms with Crippen LogP contribution >= 0.6 is 0 Å². The van der Waals surface area contributed by atoms with Crippen LogP contribution < -0.4 is 0 Å². The Hall–Kier alpha value is -3.12. The number of hydrogen-bond acceptors (Lipinski definition) is 0. The molecular weight excluding hydrogens is 372 g/mol. The summed E-state index contributed by atoms with van der Waals surface area (Å²) in [6.07, 6.45) is 16.4. The molecule has 0 saturated carbocycles. The molecule has 0 aliphatic heterocycles. The second-order valence-corrected chi connectivity index (χ2v) is 8.57. The lowest BCUT2D eigenvalue weighted by molar-refractivity contribution is 0.814. The quantitative estimate of drug-likeness (QED) is 0.367. The van der Waals surface area contributed by atoms with Gasteiger partial charge < -0.3 is 0 Å². The van der Waals surface area contributed by atoms with Gasteiger partial charge in [0, 0.05) is 5.92 Å². The fraction of sp³-hybridized carbons (Fsp3) is 0.226. The Bertz CT molecular complexity index is 1090. The molecule has 0 aromatic heterocycles. The van der Waals surface area contributed by atoms with Crippen molar-refractivity contribution in [1.29, 1.82) is 0 Å². The highest BCUT2D eigenvalue weighted by Crippen LogP contribution is 2.44. The smallest absolute Gasteiger partial charge is 0.0304 e. The predicted octanol–water partition coefficient (Wildman–Crippen LogP) is 8.53. The van der Waals surface area contributed by atoms with Crippen LogP contribution in [-0.2, 0) is 6.42 Å². The molecule has 31 heavy (non-hydrogen) atoms. The number of benzene rings is 2. The molecule has 0 spiro atoms. The summed E-state index contributed by atoms with van der Waals surface area (Å²) in [5, 5.41) is 0. The van der Waals surface area contributed by atoms with Crippen molar-refractivity contribution in [3.63, 3.8) is 0 Å². The summed E-state index contributed by atoms with van der Waals surface area (Å²) in [5.74, 6) is 0.368. The highest BCUT2D eigenvalue weighted by molar-refractivity contribution is 5.66. The van der Waals surface area contributed by atoms with Crippen LogP contribution in [0.15, 0.2) is 120 Å². The zero-order valence-electron chi connectivity index (χ0n) is 18.6. The van der Waals surface area contributed by atoms with Crippen molar-refractivity contribution in [1.82, 2.24) is 0 Å². The van der Waals surface area contributed by atoms with Crippen molar-refractivity contribution in [3.05, 3.63) is 137 Å². The Balaban J connectivity index is 1.46. The second kappa shape index (κ2) is 9.79. The Kier molecular flexibility index (Phi) is 6.67. The van der Waals surface area contributed by atoms with Crippen LogP contribution in [0.4, 0.5) is 0 Å². The SMILES string of the molecule is C=C(CCC1=CC=C(C2=CC=CC2)C1c1ccccc1)Cc1ccccc1C(=C)CC. The molecule has 1 unspecified atom stereocenters. The summed E-state index contributed by atoms with van der Waals surface area (Å²) in [6, 6.07) is 19.6. The van der Waals surface area contributed by atoms with Crippen molar-refractivity contribution in [3.8, 4) is 0 Å². The Labute approximate surface area is 187 Å². The zero-order valence-corrected chi connectivity index (χ0v) is 18.6. The Morgan fingerprint density at radius 2 is 1.71 bits per heavy atom. The minimum absolute atomic E-state index is 0.368. The van der Waals surface area contributed by atoms with E-state index in [-0.39, 0.29) is 0 Å². The molecule has 2 aromatic carbocycles. The average Bonchev–Trinajstić information content (AvgIpc) is 3.48. The fourth-order valence-corrected chi connectivity index (χ4v) is 4.70. The van der Waals surface area contributed by atoms with Gasteiger partial charge in [-0.05, 0) is 65.5 Å². The molecule has 0 amide bonds. The zero-order chi connectivity index (χ0) is 21.6. The second-order valence-electron chi connectivity index (χ2n) is 8.57. The van der Waals surface area contributed by atoms with E-state index in [0.29, 0.717) is 5.92 Å². The Morgan fingerprint density at radius 3 is 2.45 bits per heavy atom. The molecule has 0 radical (unpaired) electrons. The van der Waals surface area contributed by atoms with E-state index in [4.69, 9.17) is 0 Å². The molecular formula is C31H32. The van der Waals surface area contributed by atoms with E-state index in [1.807, 2.05) is 0 Å². The summed E-state index contributed by atoms with van der Waals surface area (Å²) >= 11 is 0. The normalized spacial score (nSPS) is 17.3. The summed E-state index contributed by atoms with van der Waals surface area (Å²) in [5.41, 5.74) is 10.9. The molecule has 2 aliphatic carbocycles. The summed E-state index contributed by atoms with van der Waals surface area (Å²) in [7, 11) is 0. The van der Waals surface area contributed by atoms with Crippen LogP contribution in [0.25, 0.3) is 5.57 Å². The van der Waals surface area contributed by atoms with Crippen LogP contribution in [0.2, 0.25) is 0 Å².